The average Bonchev–Trinajstić information content (AvgIpc) is 3.28. The van der Waals surface area contributed by atoms with Crippen LogP contribution in [0.1, 0.15) is 39.4 Å². The highest BCUT2D eigenvalue weighted by atomic mass is 35.5. The second-order valence-electron chi connectivity index (χ2n) is 7.15. The van der Waals surface area contributed by atoms with Gasteiger partial charge >= 0.3 is 5.97 Å². The number of carboxylic acids is 1. The van der Waals surface area contributed by atoms with E-state index in [-0.39, 0.29) is 11.9 Å². The summed E-state index contributed by atoms with van der Waals surface area (Å²) in [6, 6.07) is 10.9. The highest BCUT2D eigenvalue weighted by molar-refractivity contribution is 7.13. The number of nitrogens with zero attached hydrogens (tertiary/aromatic N) is 1. The number of likely N-dealkylation sites (tertiary alicyclic amines) is 1. The van der Waals surface area contributed by atoms with Gasteiger partial charge in [-0.2, -0.15) is 0 Å². The zero-order valence-electron chi connectivity index (χ0n) is 16.0. The first-order valence-corrected chi connectivity index (χ1v) is 10.8. The molecule has 1 aromatic carbocycles. The molecule has 1 aliphatic heterocycles. The first-order chi connectivity index (χ1) is 13.9. The monoisotopic (exact) mass is 433 g/mol. The van der Waals surface area contributed by atoms with E-state index in [4.69, 9.17) is 16.7 Å². The average molecular weight is 434 g/mol. The van der Waals surface area contributed by atoms with Crippen LogP contribution in [-0.4, -0.2) is 45.7 Å². The van der Waals surface area contributed by atoms with Crippen LogP contribution in [0.5, 0.6) is 0 Å². The largest absolute Gasteiger partial charge is 0.477 e. The second kappa shape index (κ2) is 10.1. The van der Waals surface area contributed by atoms with E-state index in [2.05, 4.69) is 0 Å². The van der Waals surface area contributed by atoms with Gasteiger partial charge in [-0.15, -0.1) is 11.3 Å². The Balaban J connectivity index is 1.51. The van der Waals surface area contributed by atoms with Crippen molar-refractivity contribution in [3.8, 4) is 0 Å². The number of hydrogen-bond acceptors (Lipinski definition) is 4. The molecule has 2 N–H and O–H groups in total. The number of aliphatic hydroxyl groups excluding tert-OH is 1. The zero-order chi connectivity index (χ0) is 20.8. The Kier molecular flexibility index (Phi) is 7.47. The first-order valence-electron chi connectivity index (χ1n) is 9.64. The number of thiophene rings is 1. The summed E-state index contributed by atoms with van der Waals surface area (Å²) in [6.45, 7) is 0.624. The van der Waals surface area contributed by atoms with Gasteiger partial charge in [-0.1, -0.05) is 35.9 Å². The smallest absolute Gasteiger partial charge is 0.345 e. The summed E-state index contributed by atoms with van der Waals surface area (Å²) in [5.41, 5.74) is 0.964. The van der Waals surface area contributed by atoms with Crippen molar-refractivity contribution in [2.24, 2.45) is 0 Å². The summed E-state index contributed by atoms with van der Waals surface area (Å²) >= 11 is 7.26. The number of benzene rings is 1. The molecule has 5 nitrogen and oxygen atoms in total. The Bertz CT molecular complexity index is 894. The van der Waals surface area contributed by atoms with Gasteiger partial charge in [-0.05, 0) is 49.1 Å². The van der Waals surface area contributed by atoms with Crippen LogP contribution in [0.2, 0.25) is 5.02 Å². The maximum Gasteiger partial charge on any atom is 0.345 e. The van der Waals surface area contributed by atoms with E-state index in [9.17, 15) is 14.7 Å². The van der Waals surface area contributed by atoms with Crippen LogP contribution >= 0.6 is 22.9 Å². The van der Waals surface area contributed by atoms with Crippen molar-refractivity contribution >= 4 is 34.8 Å². The number of aliphatic hydroxyl groups is 1. The molecule has 154 valence electrons. The minimum absolute atomic E-state index is 0.00516. The lowest BCUT2D eigenvalue weighted by Gasteiger charge is -2.22. The van der Waals surface area contributed by atoms with Crippen LogP contribution in [0.15, 0.2) is 48.6 Å². The van der Waals surface area contributed by atoms with Gasteiger partial charge in [0, 0.05) is 29.3 Å². The molecule has 29 heavy (non-hydrogen) atoms. The quantitative estimate of drug-likeness (QED) is 0.581. The Morgan fingerprint density at radius 2 is 2.17 bits per heavy atom. The van der Waals surface area contributed by atoms with E-state index < -0.39 is 12.1 Å². The molecule has 7 heteroatoms. The van der Waals surface area contributed by atoms with Crippen LogP contribution in [0.3, 0.4) is 0 Å². The van der Waals surface area contributed by atoms with Gasteiger partial charge in [-0.25, -0.2) is 4.79 Å². The fourth-order valence-corrected chi connectivity index (χ4v) is 4.63. The second-order valence-corrected chi connectivity index (χ2v) is 8.76. The van der Waals surface area contributed by atoms with Crippen LogP contribution in [0.25, 0.3) is 0 Å². The highest BCUT2D eigenvalue weighted by Crippen LogP contribution is 2.23. The molecule has 0 unspecified atom stereocenters. The SMILES string of the molecule is O=C(O)c1ccc(CCCN2C(=O)CC[C@@H]2C=C[C@@H](O)Cc2cccc(Cl)c2)s1. The molecule has 0 saturated carbocycles. The van der Waals surface area contributed by atoms with Gasteiger partial charge < -0.3 is 15.1 Å². The summed E-state index contributed by atoms with van der Waals surface area (Å²) < 4.78 is 0. The van der Waals surface area contributed by atoms with E-state index in [0.717, 1.165) is 29.7 Å². The molecular formula is C22H24ClNO4S. The molecule has 0 aliphatic carbocycles. The molecule has 0 bridgehead atoms. The predicted molar refractivity (Wildman–Crippen MR) is 115 cm³/mol. The number of carboxylic acid groups (broad SMARTS) is 1. The Hall–Kier alpha value is -2.15. The minimum Gasteiger partial charge on any atom is -0.477 e. The molecule has 2 aromatic rings. The number of hydrogen-bond donors (Lipinski definition) is 2. The zero-order valence-corrected chi connectivity index (χ0v) is 17.5. The molecule has 2 atom stereocenters. The van der Waals surface area contributed by atoms with Gasteiger partial charge in [0.1, 0.15) is 4.88 Å². The molecule has 1 saturated heterocycles. The van der Waals surface area contributed by atoms with Crippen LogP contribution in [0.4, 0.5) is 0 Å². The number of aryl methyl sites for hydroxylation is 1. The highest BCUT2D eigenvalue weighted by Gasteiger charge is 2.28. The van der Waals surface area contributed by atoms with Crippen LogP contribution in [0, 0.1) is 0 Å². The number of carbonyl (C=O) groups is 2. The van der Waals surface area contributed by atoms with E-state index in [1.54, 1.807) is 18.2 Å². The maximum absolute atomic E-state index is 12.2. The van der Waals surface area contributed by atoms with Crippen molar-refractivity contribution in [1.29, 1.82) is 0 Å². The standard InChI is InChI=1S/C22H24ClNO4S/c23-16-4-1-3-15(13-16)14-18(25)8-6-17-7-11-21(26)24(17)12-2-5-19-9-10-20(29-19)22(27)28/h1,3-4,6,8-10,13,17-18,25H,2,5,7,11-12,14H2,(H,27,28)/t17-,18+/m0/s1. The molecule has 2 heterocycles. The maximum atomic E-state index is 12.2. The number of amides is 1. The summed E-state index contributed by atoms with van der Waals surface area (Å²) in [7, 11) is 0. The molecule has 1 aromatic heterocycles. The minimum atomic E-state index is -0.905. The fraction of sp³-hybridized carbons (Fsp3) is 0.364. The topological polar surface area (TPSA) is 77.8 Å². The lowest BCUT2D eigenvalue weighted by molar-refractivity contribution is -0.128. The van der Waals surface area contributed by atoms with E-state index in [1.807, 2.05) is 35.2 Å². The third-order valence-electron chi connectivity index (χ3n) is 4.96. The lowest BCUT2D eigenvalue weighted by atomic mass is 10.1. The van der Waals surface area contributed by atoms with Crippen LogP contribution in [-0.2, 0) is 17.6 Å². The lowest BCUT2D eigenvalue weighted by Crippen LogP contribution is -2.33. The van der Waals surface area contributed by atoms with Crippen molar-refractivity contribution in [2.75, 3.05) is 6.54 Å². The number of aromatic carboxylic acids is 1. The van der Waals surface area contributed by atoms with Crippen LogP contribution < -0.4 is 0 Å². The van der Waals surface area contributed by atoms with Gasteiger partial charge in [-0.3, -0.25) is 4.79 Å². The number of halogens is 1. The molecule has 1 aliphatic rings. The van der Waals surface area contributed by atoms with Gasteiger partial charge in [0.15, 0.2) is 0 Å². The molecule has 1 amide bonds. The molecule has 0 spiro atoms. The van der Waals surface area contributed by atoms with Gasteiger partial charge in [0.2, 0.25) is 5.91 Å². The van der Waals surface area contributed by atoms with Crippen molar-refractivity contribution in [3.63, 3.8) is 0 Å². The van der Waals surface area contributed by atoms with E-state index >= 15 is 0 Å². The van der Waals surface area contributed by atoms with E-state index in [1.165, 1.54) is 11.3 Å². The number of carbonyl (C=O) groups excluding carboxylic acids is 1. The fourth-order valence-electron chi connectivity index (χ4n) is 3.53. The Labute approximate surface area is 179 Å². The Morgan fingerprint density at radius 3 is 2.90 bits per heavy atom. The summed E-state index contributed by atoms with van der Waals surface area (Å²) in [5, 5.41) is 19.9. The molecule has 1 fully saturated rings. The molecule has 0 radical (unpaired) electrons. The van der Waals surface area contributed by atoms with Crippen molar-refractivity contribution < 1.29 is 19.8 Å². The first kappa shape index (κ1) is 21.6. The normalized spacial score (nSPS) is 17.9. The molecule has 3 rings (SSSR count). The Morgan fingerprint density at radius 1 is 1.34 bits per heavy atom. The van der Waals surface area contributed by atoms with Crippen molar-refractivity contribution in [1.82, 2.24) is 4.90 Å². The summed E-state index contributed by atoms with van der Waals surface area (Å²) in [5.74, 6) is -0.779. The summed E-state index contributed by atoms with van der Waals surface area (Å²) in [4.78, 5) is 26.4. The molecular weight excluding hydrogens is 410 g/mol. The summed E-state index contributed by atoms with van der Waals surface area (Å²) in [6.07, 6.45) is 6.32. The number of rotatable bonds is 9. The third kappa shape index (κ3) is 6.16. The van der Waals surface area contributed by atoms with Crippen molar-refractivity contribution in [3.05, 3.63) is 68.9 Å². The van der Waals surface area contributed by atoms with E-state index in [0.29, 0.717) is 29.3 Å². The van der Waals surface area contributed by atoms with Crippen molar-refractivity contribution in [2.45, 2.75) is 44.2 Å². The predicted octanol–water partition coefficient (Wildman–Crippen LogP) is 4.18. The third-order valence-corrected chi connectivity index (χ3v) is 6.33. The van der Waals surface area contributed by atoms with Gasteiger partial charge in [0.05, 0.1) is 12.1 Å². The van der Waals surface area contributed by atoms with Gasteiger partial charge in [0.25, 0.3) is 0 Å².